The molecule has 0 bridgehead atoms. The number of fused-ring (bicyclic) bond motifs is 1. The Hall–Kier alpha value is -2.58. The molecule has 0 aliphatic carbocycles. The average molecular weight is 450 g/mol. The second kappa shape index (κ2) is 12.5. The van der Waals surface area contributed by atoms with Crippen LogP contribution in [0.2, 0.25) is 0 Å². The Morgan fingerprint density at radius 3 is 2.59 bits per heavy atom. The zero-order valence-electron chi connectivity index (χ0n) is 19.8. The van der Waals surface area contributed by atoms with Crippen LogP contribution in [0.25, 0.3) is 0 Å². The van der Waals surface area contributed by atoms with Gasteiger partial charge in [-0.05, 0) is 38.8 Å². The smallest absolute Gasteiger partial charge is 0.342 e. The van der Waals surface area contributed by atoms with E-state index in [1.165, 1.54) is 7.11 Å². The van der Waals surface area contributed by atoms with Crippen LogP contribution in [0.15, 0.2) is 11.6 Å². The molecule has 1 aromatic carbocycles. The molecule has 0 saturated carbocycles. The number of nitrogens with zero attached hydrogens (tertiary/aromatic N) is 1. The van der Waals surface area contributed by atoms with Crippen LogP contribution < -0.4 is 4.74 Å². The maximum absolute atomic E-state index is 12.1. The van der Waals surface area contributed by atoms with Crippen LogP contribution in [0.3, 0.4) is 0 Å². The van der Waals surface area contributed by atoms with Gasteiger partial charge in [-0.1, -0.05) is 18.6 Å². The van der Waals surface area contributed by atoms with Crippen molar-refractivity contribution < 1.29 is 33.6 Å². The molecule has 1 aliphatic heterocycles. The molecule has 0 saturated heterocycles. The molecule has 8 nitrogen and oxygen atoms in total. The van der Waals surface area contributed by atoms with Crippen molar-refractivity contribution >= 4 is 11.9 Å². The maximum Gasteiger partial charge on any atom is 0.342 e. The highest BCUT2D eigenvalue weighted by atomic mass is 16.5. The lowest BCUT2D eigenvalue weighted by Gasteiger charge is -2.19. The van der Waals surface area contributed by atoms with Crippen LogP contribution in [-0.4, -0.2) is 69.0 Å². The lowest BCUT2D eigenvalue weighted by molar-refractivity contribution is -0.144. The van der Waals surface area contributed by atoms with E-state index in [2.05, 4.69) is 11.8 Å². The van der Waals surface area contributed by atoms with Gasteiger partial charge in [-0.15, -0.1) is 0 Å². The number of phenolic OH excluding ortho intramolecular Hbond substituents is 1. The van der Waals surface area contributed by atoms with Crippen molar-refractivity contribution in [1.82, 2.24) is 4.90 Å². The molecule has 178 valence electrons. The molecule has 1 heterocycles. The van der Waals surface area contributed by atoms with Gasteiger partial charge in [0.1, 0.15) is 30.3 Å². The molecule has 0 aromatic heterocycles. The van der Waals surface area contributed by atoms with E-state index in [1.54, 1.807) is 7.11 Å². The van der Waals surface area contributed by atoms with Crippen LogP contribution in [0.1, 0.15) is 53.7 Å². The lowest BCUT2D eigenvalue weighted by atomic mass is 9.94. The number of hydrogen-bond donors (Lipinski definition) is 1. The number of esters is 2. The first-order valence-electron chi connectivity index (χ1n) is 10.9. The Morgan fingerprint density at radius 2 is 1.94 bits per heavy atom. The molecule has 1 N–H and O–H groups in total. The Morgan fingerprint density at radius 1 is 1.22 bits per heavy atom. The summed E-state index contributed by atoms with van der Waals surface area (Å²) in [5.41, 5.74) is 3.21. The highest BCUT2D eigenvalue weighted by Gasteiger charge is 2.31. The van der Waals surface area contributed by atoms with Crippen molar-refractivity contribution in [3.05, 3.63) is 33.9 Å². The number of rotatable bonds is 13. The number of carbonyl (C=O) groups excluding carboxylic acids is 2. The number of methoxy groups -OCH3 is 2. The van der Waals surface area contributed by atoms with Gasteiger partial charge in [-0.25, -0.2) is 4.79 Å². The molecule has 1 aliphatic rings. The molecule has 32 heavy (non-hydrogen) atoms. The summed E-state index contributed by atoms with van der Waals surface area (Å²) < 4.78 is 21.0. The number of carbonyl (C=O) groups is 2. The van der Waals surface area contributed by atoms with Crippen molar-refractivity contribution in [3.8, 4) is 11.5 Å². The number of ether oxygens (including phenoxy) is 4. The average Bonchev–Trinajstić information content (AvgIpc) is 3.18. The summed E-state index contributed by atoms with van der Waals surface area (Å²) in [6.07, 6.45) is 3.14. The van der Waals surface area contributed by atoms with Crippen molar-refractivity contribution in [2.75, 3.05) is 47.1 Å². The fraction of sp³-hybridized carbons (Fsp3) is 0.583. The summed E-state index contributed by atoms with van der Waals surface area (Å²) >= 11 is 0. The van der Waals surface area contributed by atoms with Gasteiger partial charge >= 0.3 is 11.9 Å². The minimum atomic E-state index is -0.517. The van der Waals surface area contributed by atoms with E-state index >= 15 is 0 Å². The normalized spacial score (nSPS) is 13.3. The fourth-order valence-electron chi connectivity index (χ4n) is 3.71. The van der Waals surface area contributed by atoms with E-state index in [1.807, 2.05) is 19.9 Å². The zero-order valence-corrected chi connectivity index (χ0v) is 19.8. The number of hydrogen-bond acceptors (Lipinski definition) is 8. The topological polar surface area (TPSA) is 94.5 Å². The predicted octanol–water partition coefficient (Wildman–Crippen LogP) is 3.16. The number of benzene rings is 1. The van der Waals surface area contributed by atoms with Gasteiger partial charge in [0.2, 0.25) is 0 Å². The summed E-state index contributed by atoms with van der Waals surface area (Å²) in [6.45, 7) is 9.35. The van der Waals surface area contributed by atoms with E-state index in [4.69, 9.17) is 18.9 Å². The quantitative estimate of drug-likeness (QED) is 0.363. The van der Waals surface area contributed by atoms with Gasteiger partial charge in [0, 0.05) is 37.7 Å². The Labute approximate surface area is 190 Å². The fourth-order valence-corrected chi connectivity index (χ4v) is 3.71. The van der Waals surface area contributed by atoms with E-state index in [-0.39, 0.29) is 30.3 Å². The van der Waals surface area contributed by atoms with Gasteiger partial charge in [-0.3, -0.25) is 9.69 Å². The van der Waals surface area contributed by atoms with E-state index in [0.717, 1.165) is 24.2 Å². The van der Waals surface area contributed by atoms with Crippen molar-refractivity contribution in [1.29, 1.82) is 0 Å². The number of allylic oxidation sites excluding steroid dienone is 2. The largest absolute Gasteiger partial charge is 0.507 e. The van der Waals surface area contributed by atoms with Gasteiger partial charge < -0.3 is 24.1 Å². The second-order valence-electron chi connectivity index (χ2n) is 7.82. The summed E-state index contributed by atoms with van der Waals surface area (Å²) in [6, 6.07) is 0. The molecular weight excluding hydrogens is 414 g/mol. The van der Waals surface area contributed by atoms with E-state index < -0.39 is 5.97 Å². The number of likely N-dealkylation sites (N-methyl/N-ethyl adjacent to an activating group) is 1. The third kappa shape index (κ3) is 6.46. The standard InChI is InChI=1S/C24H35NO7/c1-6-25(11-13-29-4)12-14-31-20(26)10-8-16(2)7-9-18-22(27)21-19(15-32-24(21)28)17(3)23(18)30-5/h7,27H,6,8-15H2,1-5H3/b16-7+. The van der Waals surface area contributed by atoms with Crippen LogP contribution in [0.4, 0.5) is 0 Å². The second-order valence-corrected chi connectivity index (χ2v) is 7.82. The van der Waals surface area contributed by atoms with Gasteiger partial charge in [0.15, 0.2) is 0 Å². The van der Waals surface area contributed by atoms with E-state index in [9.17, 15) is 14.7 Å². The van der Waals surface area contributed by atoms with Crippen molar-refractivity contribution in [3.63, 3.8) is 0 Å². The highest BCUT2D eigenvalue weighted by Crippen LogP contribution is 2.42. The predicted molar refractivity (Wildman–Crippen MR) is 120 cm³/mol. The zero-order chi connectivity index (χ0) is 23.7. The van der Waals surface area contributed by atoms with Crippen LogP contribution in [0.5, 0.6) is 11.5 Å². The van der Waals surface area contributed by atoms with E-state index in [0.29, 0.717) is 49.5 Å². The molecule has 2 rings (SSSR count). The molecule has 0 radical (unpaired) electrons. The summed E-state index contributed by atoms with van der Waals surface area (Å²) in [5.74, 6) is -0.298. The Balaban J connectivity index is 1.91. The molecule has 0 spiro atoms. The summed E-state index contributed by atoms with van der Waals surface area (Å²) in [4.78, 5) is 26.2. The Kier molecular flexibility index (Phi) is 9.99. The highest BCUT2D eigenvalue weighted by molar-refractivity contribution is 5.98. The third-order valence-corrected chi connectivity index (χ3v) is 5.76. The number of aromatic hydroxyl groups is 1. The first-order chi connectivity index (χ1) is 15.3. The molecule has 8 heteroatoms. The summed E-state index contributed by atoms with van der Waals surface area (Å²) in [5, 5.41) is 10.7. The lowest BCUT2D eigenvalue weighted by Crippen LogP contribution is -2.31. The SMILES string of the molecule is CCN(CCOC)CCOC(=O)CC/C(C)=C/Cc1c(O)c2c(c(C)c1OC)COC2=O. The van der Waals surface area contributed by atoms with Crippen LogP contribution >= 0.6 is 0 Å². The molecule has 0 fully saturated rings. The Bertz CT molecular complexity index is 847. The first-order valence-corrected chi connectivity index (χ1v) is 10.9. The summed E-state index contributed by atoms with van der Waals surface area (Å²) in [7, 11) is 3.21. The third-order valence-electron chi connectivity index (χ3n) is 5.76. The first kappa shape index (κ1) is 25.7. The van der Waals surface area contributed by atoms with Crippen molar-refractivity contribution in [2.24, 2.45) is 0 Å². The minimum Gasteiger partial charge on any atom is -0.507 e. The maximum atomic E-state index is 12.1. The molecule has 0 unspecified atom stereocenters. The number of phenols is 1. The number of cyclic esters (lactones) is 1. The van der Waals surface area contributed by atoms with Crippen LogP contribution in [0, 0.1) is 6.92 Å². The van der Waals surface area contributed by atoms with Gasteiger partial charge in [0.25, 0.3) is 0 Å². The monoisotopic (exact) mass is 449 g/mol. The molecular formula is C24H35NO7. The van der Waals surface area contributed by atoms with Gasteiger partial charge in [0.05, 0.1) is 13.7 Å². The molecule has 0 atom stereocenters. The molecule has 0 amide bonds. The minimum absolute atomic E-state index is 0.0950. The van der Waals surface area contributed by atoms with Crippen LogP contribution in [-0.2, 0) is 32.0 Å². The van der Waals surface area contributed by atoms with Gasteiger partial charge in [-0.2, -0.15) is 0 Å². The molecule has 1 aromatic rings. The van der Waals surface area contributed by atoms with Crippen molar-refractivity contribution in [2.45, 2.75) is 46.6 Å².